The van der Waals surface area contributed by atoms with Crippen LogP contribution >= 0.6 is 0 Å². The molecule has 20 heavy (non-hydrogen) atoms. The van der Waals surface area contributed by atoms with Crippen molar-refractivity contribution in [3.8, 4) is 5.75 Å². The number of carbonyl (C=O) groups is 1. The van der Waals surface area contributed by atoms with Gasteiger partial charge in [0.15, 0.2) is 6.61 Å². The van der Waals surface area contributed by atoms with Crippen LogP contribution in [-0.4, -0.2) is 12.5 Å². The smallest absolute Gasteiger partial charge is 0.258 e. The Morgan fingerprint density at radius 3 is 2.45 bits per heavy atom. The zero-order valence-electron chi connectivity index (χ0n) is 11.4. The molecule has 0 fully saturated rings. The van der Waals surface area contributed by atoms with E-state index in [0.717, 1.165) is 5.56 Å². The van der Waals surface area contributed by atoms with Crippen molar-refractivity contribution in [1.29, 1.82) is 0 Å². The third kappa shape index (κ3) is 4.02. The lowest BCUT2D eigenvalue weighted by Gasteiger charge is -2.14. The first kappa shape index (κ1) is 13.9. The van der Waals surface area contributed by atoms with Crippen molar-refractivity contribution in [2.24, 2.45) is 0 Å². The minimum atomic E-state index is -0.154. The molecule has 2 rings (SSSR count). The maximum Gasteiger partial charge on any atom is 0.258 e. The molecule has 104 valence electrons. The summed E-state index contributed by atoms with van der Waals surface area (Å²) in [6.45, 7) is 1.93. The Balaban J connectivity index is 1.82. The van der Waals surface area contributed by atoms with Crippen molar-refractivity contribution in [3.63, 3.8) is 0 Å². The van der Waals surface area contributed by atoms with E-state index in [1.165, 1.54) is 0 Å². The van der Waals surface area contributed by atoms with Crippen LogP contribution in [-0.2, 0) is 4.79 Å². The van der Waals surface area contributed by atoms with Crippen molar-refractivity contribution >= 4 is 11.6 Å². The minimum Gasteiger partial charge on any atom is -0.484 e. The van der Waals surface area contributed by atoms with Crippen LogP contribution in [0.5, 0.6) is 5.75 Å². The molecular formula is C16H18N2O2. The second-order valence-corrected chi connectivity index (χ2v) is 4.56. The molecule has 0 bridgehead atoms. The molecule has 0 aliphatic carbocycles. The van der Waals surface area contributed by atoms with Gasteiger partial charge in [-0.3, -0.25) is 4.79 Å². The zero-order valence-corrected chi connectivity index (χ0v) is 11.4. The summed E-state index contributed by atoms with van der Waals surface area (Å²) in [5.41, 5.74) is 7.31. The number of nitrogen functional groups attached to an aromatic ring is 1. The van der Waals surface area contributed by atoms with Gasteiger partial charge < -0.3 is 15.8 Å². The third-order valence-corrected chi connectivity index (χ3v) is 2.93. The molecule has 0 spiro atoms. The van der Waals surface area contributed by atoms with Gasteiger partial charge in [-0.05, 0) is 36.8 Å². The number of nitrogens with one attached hydrogen (secondary N) is 1. The lowest BCUT2D eigenvalue weighted by Crippen LogP contribution is -2.31. The number of benzene rings is 2. The van der Waals surface area contributed by atoms with Crippen molar-refractivity contribution < 1.29 is 9.53 Å². The Morgan fingerprint density at radius 2 is 1.80 bits per heavy atom. The number of amides is 1. The Hall–Kier alpha value is -2.49. The molecule has 2 aromatic rings. The lowest BCUT2D eigenvalue weighted by molar-refractivity contribution is -0.123. The topological polar surface area (TPSA) is 64.3 Å². The Bertz CT molecular complexity index is 552. The molecule has 0 aromatic heterocycles. The first-order valence-corrected chi connectivity index (χ1v) is 6.48. The van der Waals surface area contributed by atoms with Gasteiger partial charge in [0.05, 0.1) is 6.04 Å². The van der Waals surface area contributed by atoms with E-state index in [1.54, 1.807) is 24.3 Å². The fourth-order valence-corrected chi connectivity index (χ4v) is 1.82. The van der Waals surface area contributed by atoms with Crippen LogP contribution in [0.4, 0.5) is 5.69 Å². The van der Waals surface area contributed by atoms with Gasteiger partial charge in [0.1, 0.15) is 5.75 Å². The first-order chi connectivity index (χ1) is 9.65. The molecule has 0 aliphatic rings. The standard InChI is InChI=1S/C16H18N2O2/c1-12(13-5-3-2-4-6-13)18-16(19)11-20-15-9-7-14(17)8-10-15/h2-10,12H,11,17H2,1H3,(H,18,19)/t12-/m0/s1. The fraction of sp³-hybridized carbons (Fsp3) is 0.188. The number of nitrogens with two attached hydrogens (primary N) is 1. The third-order valence-electron chi connectivity index (χ3n) is 2.93. The van der Waals surface area contributed by atoms with Gasteiger partial charge in [0.25, 0.3) is 5.91 Å². The van der Waals surface area contributed by atoms with Gasteiger partial charge >= 0.3 is 0 Å². The van der Waals surface area contributed by atoms with Gasteiger partial charge in [-0.15, -0.1) is 0 Å². The van der Waals surface area contributed by atoms with E-state index < -0.39 is 0 Å². The van der Waals surface area contributed by atoms with Crippen LogP contribution in [0.3, 0.4) is 0 Å². The molecule has 0 heterocycles. The largest absolute Gasteiger partial charge is 0.484 e. The highest BCUT2D eigenvalue weighted by molar-refractivity contribution is 5.78. The maximum absolute atomic E-state index is 11.8. The summed E-state index contributed by atoms with van der Waals surface area (Å²) in [6, 6.07) is 16.7. The van der Waals surface area contributed by atoms with Gasteiger partial charge in [-0.1, -0.05) is 30.3 Å². The molecule has 1 amide bonds. The average Bonchev–Trinajstić information content (AvgIpc) is 2.47. The summed E-state index contributed by atoms with van der Waals surface area (Å²) in [7, 11) is 0. The van der Waals surface area contributed by atoms with Crippen molar-refractivity contribution in [1.82, 2.24) is 5.32 Å². The van der Waals surface area contributed by atoms with Gasteiger partial charge in [0, 0.05) is 5.69 Å². The molecule has 3 N–H and O–H groups in total. The second-order valence-electron chi connectivity index (χ2n) is 4.56. The number of hydrogen-bond donors (Lipinski definition) is 2. The highest BCUT2D eigenvalue weighted by Gasteiger charge is 2.09. The zero-order chi connectivity index (χ0) is 14.4. The molecule has 0 saturated heterocycles. The molecule has 4 heteroatoms. The van der Waals surface area contributed by atoms with E-state index in [1.807, 2.05) is 37.3 Å². The molecule has 2 aromatic carbocycles. The first-order valence-electron chi connectivity index (χ1n) is 6.48. The van der Waals surface area contributed by atoms with E-state index in [4.69, 9.17) is 10.5 Å². The summed E-state index contributed by atoms with van der Waals surface area (Å²) in [5, 5.41) is 2.89. The molecule has 0 unspecified atom stereocenters. The summed E-state index contributed by atoms with van der Waals surface area (Å²) in [6.07, 6.45) is 0. The van der Waals surface area contributed by atoms with Crippen molar-refractivity contribution in [3.05, 3.63) is 60.2 Å². The summed E-state index contributed by atoms with van der Waals surface area (Å²) in [5.74, 6) is 0.472. The van der Waals surface area contributed by atoms with Crippen LogP contribution in [0, 0.1) is 0 Å². The number of ether oxygens (including phenoxy) is 1. The Kier molecular flexibility index (Phi) is 4.60. The summed E-state index contributed by atoms with van der Waals surface area (Å²) < 4.78 is 5.39. The Morgan fingerprint density at radius 1 is 1.15 bits per heavy atom. The monoisotopic (exact) mass is 270 g/mol. The molecule has 1 atom stereocenters. The average molecular weight is 270 g/mol. The van der Waals surface area contributed by atoms with E-state index in [2.05, 4.69) is 5.32 Å². The van der Waals surface area contributed by atoms with Gasteiger partial charge in [-0.2, -0.15) is 0 Å². The second kappa shape index (κ2) is 6.61. The van der Waals surface area contributed by atoms with Crippen LogP contribution in [0.1, 0.15) is 18.5 Å². The number of rotatable bonds is 5. The van der Waals surface area contributed by atoms with Crippen LogP contribution < -0.4 is 15.8 Å². The van der Waals surface area contributed by atoms with Crippen LogP contribution in [0.25, 0.3) is 0 Å². The minimum absolute atomic E-state index is 0.0128. The van der Waals surface area contributed by atoms with Gasteiger partial charge in [-0.25, -0.2) is 0 Å². The van der Waals surface area contributed by atoms with Gasteiger partial charge in [0.2, 0.25) is 0 Å². The number of hydrogen-bond acceptors (Lipinski definition) is 3. The predicted molar refractivity (Wildman–Crippen MR) is 79.3 cm³/mol. The van der Waals surface area contributed by atoms with E-state index >= 15 is 0 Å². The predicted octanol–water partition coefficient (Wildman–Crippen LogP) is 2.53. The summed E-state index contributed by atoms with van der Waals surface area (Å²) >= 11 is 0. The highest BCUT2D eigenvalue weighted by Crippen LogP contribution is 2.13. The Labute approximate surface area is 118 Å². The number of carbonyl (C=O) groups excluding carboxylic acids is 1. The molecule has 0 aliphatic heterocycles. The fourth-order valence-electron chi connectivity index (χ4n) is 1.82. The maximum atomic E-state index is 11.8. The van der Waals surface area contributed by atoms with Crippen molar-refractivity contribution in [2.75, 3.05) is 12.3 Å². The molecule has 0 radical (unpaired) electrons. The number of anilines is 1. The van der Waals surface area contributed by atoms with Crippen molar-refractivity contribution in [2.45, 2.75) is 13.0 Å². The SMILES string of the molecule is C[C@H](NC(=O)COc1ccc(N)cc1)c1ccccc1. The van der Waals surface area contributed by atoms with E-state index in [-0.39, 0.29) is 18.6 Å². The quantitative estimate of drug-likeness (QED) is 0.821. The van der Waals surface area contributed by atoms with Crippen LogP contribution in [0.15, 0.2) is 54.6 Å². The normalized spacial score (nSPS) is 11.7. The van der Waals surface area contributed by atoms with E-state index in [9.17, 15) is 4.79 Å². The lowest BCUT2D eigenvalue weighted by atomic mass is 10.1. The molecule has 4 nitrogen and oxygen atoms in total. The highest BCUT2D eigenvalue weighted by atomic mass is 16.5. The molecule has 0 saturated carbocycles. The summed E-state index contributed by atoms with van der Waals surface area (Å²) in [4.78, 5) is 11.8. The molecular weight excluding hydrogens is 252 g/mol. The van der Waals surface area contributed by atoms with Crippen LogP contribution in [0.2, 0.25) is 0 Å². The van der Waals surface area contributed by atoms with E-state index in [0.29, 0.717) is 11.4 Å².